The van der Waals surface area contributed by atoms with E-state index in [9.17, 15) is 9.59 Å². The van der Waals surface area contributed by atoms with Crippen LogP contribution in [-0.2, 0) is 9.47 Å². The van der Waals surface area contributed by atoms with Gasteiger partial charge in [0.2, 0.25) is 0 Å². The van der Waals surface area contributed by atoms with Crippen LogP contribution in [0.2, 0.25) is 0 Å². The maximum Gasteiger partial charge on any atom is 2.00 e. The van der Waals surface area contributed by atoms with Gasteiger partial charge in [-0.15, -0.1) is 0 Å². The Labute approximate surface area is 182 Å². The number of rotatable bonds is 4. The molecule has 4 nitrogen and oxygen atoms in total. The fourth-order valence-corrected chi connectivity index (χ4v) is 3.55. The minimum atomic E-state index is -0.297. The summed E-state index contributed by atoms with van der Waals surface area (Å²) in [5.41, 5.74) is 0.990. The van der Waals surface area contributed by atoms with Crippen LogP contribution in [0, 0.1) is 0 Å². The third-order valence-electron chi connectivity index (χ3n) is 5.01. The molecule has 1 aromatic carbocycles. The van der Waals surface area contributed by atoms with Crippen molar-refractivity contribution in [2.45, 2.75) is 76.4 Å². The van der Waals surface area contributed by atoms with Crippen LogP contribution >= 0.6 is 0 Å². The average Bonchev–Trinajstić information content (AvgIpc) is 2.63. The van der Waals surface area contributed by atoms with Crippen molar-refractivity contribution in [1.29, 1.82) is 0 Å². The molecule has 5 heteroatoms. The Morgan fingerprint density at radius 3 is 1.32 bits per heavy atom. The van der Waals surface area contributed by atoms with Crippen LogP contribution in [0.4, 0.5) is 0 Å². The van der Waals surface area contributed by atoms with Crippen molar-refractivity contribution in [3.8, 4) is 0 Å². The molecule has 1 aromatic rings. The van der Waals surface area contributed by atoms with Crippen LogP contribution in [-0.4, -0.2) is 61.9 Å². The third kappa shape index (κ3) is 6.26. The van der Waals surface area contributed by atoms with Gasteiger partial charge in [-0.25, -0.2) is 9.59 Å². The van der Waals surface area contributed by atoms with Gasteiger partial charge in [0.05, 0.1) is 11.1 Å². The largest absolute Gasteiger partial charge is 2.00 e. The molecular weight excluding hydrogens is 344 g/mol. The van der Waals surface area contributed by atoms with Crippen molar-refractivity contribution in [2.24, 2.45) is 0 Å². The molecule has 2 fully saturated rings. The molecule has 0 saturated heterocycles. The molecule has 2 aliphatic rings. The van der Waals surface area contributed by atoms with Crippen molar-refractivity contribution < 1.29 is 21.9 Å². The molecule has 2 saturated carbocycles. The second-order valence-corrected chi connectivity index (χ2v) is 6.91. The molecular formula is C20H28CaO4. The van der Waals surface area contributed by atoms with E-state index in [2.05, 4.69) is 0 Å². The smallest absolute Gasteiger partial charge is 1.00 e. The monoisotopic (exact) mass is 372 g/mol. The molecule has 3 rings (SSSR count). The van der Waals surface area contributed by atoms with Crippen molar-refractivity contribution in [2.75, 3.05) is 0 Å². The van der Waals surface area contributed by atoms with Gasteiger partial charge in [-0.05, 0) is 75.6 Å². The summed E-state index contributed by atoms with van der Waals surface area (Å²) in [6.45, 7) is 0. The topological polar surface area (TPSA) is 52.6 Å². The van der Waals surface area contributed by atoms with E-state index in [1.54, 1.807) is 24.3 Å². The Morgan fingerprint density at radius 2 is 1.00 bits per heavy atom. The van der Waals surface area contributed by atoms with Gasteiger partial charge in [-0.2, -0.15) is 0 Å². The van der Waals surface area contributed by atoms with E-state index >= 15 is 0 Å². The van der Waals surface area contributed by atoms with E-state index < -0.39 is 0 Å². The fourth-order valence-electron chi connectivity index (χ4n) is 3.55. The molecule has 0 unspecified atom stereocenters. The number of benzene rings is 1. The zero-order chi connectivity index (χ0) is 16.8. The zero-order valence-corrected chi connectivity index (χ0v) is 17.1. The maximum atomic E-state index is 12.2. The normalized spacial score (nSPS) is 18.9. The molecule has 0 radical (unpaired) electrons. The van der Waals surface area contributed by atoms with E-state index in [0.29, 0.717) is 11.1 Å². The van der Waals surface area contributed by atoms with Gasteiger partial charge in [0.15, 0.2) is 0 Å². The summed E-state index contributed by atoms with van der Waals surface area (Å²) in [6, 6.07) is 6.62. The Hall–Kier alpha value is -0.580. The van der Waals surface area contributed by atoms with Gasteiger partial charge >= 0.3 is 49.7 Å². The Balaban J connectivity index is 0.00000225. The van der Waals surface area contributed by atoms with Gasteiger partial charge in [-0.3, -0.25) is 0 Å². The second-order valence-electron chi connectivity index (χ2n) is 6.91. The second kappa shape index (κ2) is 10.5. The predicted molar refractivity (Wildman–Crippen MR) is 99.0 cm³/mol. The maximum absolute atomic E-state index is 12.2. The SMILES string of the molecule is O=C(OC1CCCCC1)c1ccc(C(=O)OC2CCCCC2)cc1.[Ca+2].[H-].[H-]. The van der Waals surface area contributed by atoms with Gasteiger partial charge in [0, 0.05) is 0 Å². The molecule has 25 heavy (non-hydrogen) atoms. The summed E-state index contributed by atoms with van der Waals surface area (Å²) in [6.07, 6.45) is 10.9. The van der Waals surface area contributed by atoms with E-state index in [4.69, 9.17) is 9.47 Å². The third-order valence-corrected chi connectivity index (χ3v) is 5.01. The summed E-state index contributed by atoms with van der Waals surface area (Å²) in [5.74, 6) is -0.594. The van der Waals surface area contributed by atoms with E-state index in [-0.39, 0.29) is 64.7 Å². The van der Waals surface area contributed by atoms with Gasteiger partial charge < -0.3 is 12.3 Å². The molecule has 0 atom stereocenters. The van der Waals surface area contributed by atoms with Crippen molar-refractivity contribution in [3.63, 3.8) is 0 Å². The van der Waals surface area contributed by atoms with Gasteiger partial charge in [0.25, 0.3) is 0 Å². The summed E-state index contributed by atoms with van der Waals surface area (Å²) in [4.78, 5) is 24.3. The first-order chi connectivity index (χ1) is 11.7. The van der Waals surface area contributed by atoms with E-state index in [0.717, 1.165) is 51.4 Å². The summed E-state index contributed by atoms with van der Waals surface area (Å²) < 4.78 is 11.1. The number of esters is 2. The number of carbonyl (C=O) groups excluding carboxylic acids is 2. The van der Waals surface area contributed by atoms with Gasteiger partial charge in [0.1, 0.15) is 12.2 Å². The van der Waals surface area contributed by atoms with E-state index in [1.165, 1.54) is 12.8 Å². The van der Waals surface area contributed by atoms with Crippen LogP contribution < -0.4 is 0 Å². The molecule has 0 heterocycles. The minimum Gasteiger partial charge on any atom is -1.00 e. The van der Waals surface area contributed by atoms with E-state index in [1.807, 2.05) is 0 Å². The Morgan fingerprint density at radius 1 is 0.680 bits per heavy atom. The Bertz CT molecular complexity index is 517. The first kappa shape index (κ1) is 20.7. The van der Waals surface area contributed by atoms with Crippen LogP contribution in [0.15, 0.2) is 24.3 Å². The van der Waals surface area contributed by atoms with Crippen molar-refractivity contribution >= 4 is 49.7 Å². The molecule has 134 valence electrons. The molecule has 0 bridgehead atoms. The first-order valence-corrected chi connectivity index (χ1v) is 9.24. The van der Waals surface area contributed by atoms with Gasteiger partial charge in [-0.1, -0.05) is 12.8 Å². The van der Waals surface area contributed by atoms with Crippen LogP contribution in [0.25, 0.3) is 0 Å². The summed E-state index contributed by atoms with van der Waals surface area (Å²) in [5, 5.41) is 0. The standard InChI is InChI=1S/C20H26O4.Ca.2H/c21-19(23-17-7-3-1-4-8-17)15-11-13-16(14-12-15)20(22)24-18-9-5-2-6-10-18;;;/h11-14,17-18H,1-10H2;;;/q;+2;2*-1. The average molecular weight is 373 g/mol. The Kier molecular flexibility index (Phi) is 8.74. The van der Waals surface area contributed by atoms with Crippen molar-refractivity contribution in [1.82, 2.24) is 0 Å². The zero-order valence-electron chi connectivity index (χ0n) is 16.9. The number of hydrogen-bond acceptors (Lipinski definition) is 4. The van der Waals surface area contributed by atoms with Crippen LogP contribution in [0.1, 0.15) is 87.8 Å². The molecule has 0 aromatic heterocycles. The fraction of sp³-hybridized carbons (Fsp3) is 0.600. The molecule has 0 spiro atoms. The molecule has 0 amide bonds. The number of carbonyl (C=O) groups is 2. The molecule has 0 aliphatic heterocycles. The quantitative estimate of drug-likeness (QED) is 0.576. The summed E-state index contributed by atoms with van der Waals surface area (Å²) >= 11 is 0. The first-order valence-electron chi connectivity index (χ1n) is 9.24. The summed E-state index contributed by atoms with van der Waals surface area (Å²) in [7, 11) is 0. The number of hydrogen-bond donors (Lipinski definition) is 0. The van der Waals surface area contributed by atoms with Crippen molar-refractivity contribution in [3.05, 3.63) is 35.4 Å². The van der Waals surface area contributed by atoms with Crippen LogP contribution in [0.3, 0.4) is 0 Å². The minimum absolute atomic E-state index is 0. The van der Waals surface area contributed by atoms with Crippen LogP contribution in [0.5, 0.6) is 0 Å². The molecule has 2 aliphatic carbocycles. The predicted octanol–water partition coefficient (Wildman–Crippen LogP) is 4.51. The molecule has 0 N–H and O–H groups in total. The number of ether oxygens (including phenoxy) is 2.